The van der Waals surface area contributed by atoms with Crippen molar-refractivity contribution in [2.45, 2.75) is 13.5 Å². The average molecular weight is 352 g/mol. The van der Waals surface area contributed by atoms with E-state index in [9.17, 15) is 0 Å². The topological polar surface area (TPSA) is 46.7 Å². The lowest BCUT2D eigenvalue weighted by Gasteiger charge is -2.34. The van der Waals surface area contributed by atoms with Gasteiger partial charge in [-0.2, -0.15) is 0 Å². The Kier molecular flexibility index (Phi) is 4.95. The smallest absolute Gasteiger partial charge is 0.133 e. The van der Waals surface area contributed by atoms with E-state index >= 15 is 0 Å². The van der Waals surface area contributed by atoms with Crippen LogP contribution in [0.25, 0.3) is 0 Å². The summed E-state index contributed by atoms with van der Waals surface area (Å²) in [6, 6.07) is 10.9. The van der Waals surface area contributed by atoms with E-state index in [0.717, 1.165) is 63.1 Å². The van der Waals surface area contributed by atoms with E-state index in [0.29, 0.717) is 0 Å². The van der Waals surface area contributed by atoms with Gasteiger partial charge in [-0.3, -0.25) is 4.90 Å². The summed E-state index contributed by atoms with van der Waals surface area (Å²) in [6.07, 6.45) is 1.87. The van der Waals surface area contributed by atoms with Gasteiger partial charge in [0.05, 0.1) is 6.67 Å². The predicted octanol–water partition coefficient (Wildman–Crippen LogP) is 2.78. The Hall–Kier alpha value is -2.31. The summed E-state index contributed by atoms with van der Waals surface area (Å²) in [5, 5.41) is 6.99. The first-order valence-electron chi connectivity index (χ1n) is 9.47. The number of hydrogen-bond acceptors (Lipinski definition) is 6. The molecule has 138 valence electrons. The quantitative estimate of drug-likeness (QED) is 0.882. The number of rotatable bonds is 4. The SMILES string of the molecule is CCN1CNc2nccc(Nc3ccc(N4CCN(C)CC4)cc3)c2C1. The predicted molar refractivity (Wildman–Crippen MR) is 108 cm³/mol. The number of likely N-dealkylation sites (N-methyl/N-ethyl adjacent to an activating group) is 1. The molecule has 6 nitrogen and oxygen atoms in total. The fraction of sp³-hybridized carbons (Fsp3) is 0.450. The standard InChI is InChI=1S/C20H28N6/c1-3-25-14-18-19(8-9-21-20(18)22-15-25)23-16-4-6-17(7-5-16)26-12-10-24(2)11-13-26/h4-9H,3,10-15H2,1-2H3,(H2,21,22,23). The second-order valence-corrected chi connectivity index (χ2v) is 7.13. The zero-order valence-electron chi connectivity index (χ0n) is 15.7. The van der Waals surface area contributed by atoms with Crippen molar-refractivity contribution in [3.63, 3.8) is 0 Å². The summed E-state index contributed by atoms with van der Waals surface area (Å²) >= 11 is 0. The van der Waals surface area contributed by atoms with Crippen LogP contribution in [0.15, 0.2) is 36.5 Å². The van der Waals surface area contributed by atoms with Gasteiger partial charge in [0.2, 0.25) is 0 Å². The molecular weight excluding hydrogens is 324 g/mol. The lowest BCUT2D eigenvalue weighted by molar-refractivity contribution is 0.291. The minimum atomic E-state index is 0.861. The van der Waals surface area contributed by atoms with E-state index in [1.54, 1.807) is 0 Å². The number of aromatic nitrogens is 1. The molecule has 0 atom stereocenters. The molecule has 2 N–H and O–H groups in total. The molecule has 0 saturated carbocycles. The minimum Gasteiger partial charge on any atom is -0.369 e. The van der Waals surface area contributed by atoms with Crippen molar-refractivity contribution in [2.75, 3.05) is 62.0 Å². The second-order valence-electron chi connectivity index (χ2n) is 7.13. The summed E-state index contributed by atoms with van der Waals surface area (Å²) in [6.45, 7) is 9.45. The highest BCUT2D eigenvalue weighted by atomic mass is 15.3. The van der Waals surface area contributed by atoms with Crippen molar-refractivity contribution < 1.29 is 0 Å². The van der Waals surface area contributed by atoms with Gasteiger partial charge >= 0.3 is 0 Å². The zero-order chi connectivity index (χ0) is 17.9. The number of hydrogen-bond donors (Lipinski definition) is 2. The molecule has 2 aliphatic rings. The van der Waals surface area contributed by atoms with Crippen LogP contribution in [0.1, 0.15) is 12.5 Å². The Labute approximate surface area is 155 Å². The molecule has 4 rings (SSSR count). The molecular formula is C20H28N6. The fourth-order valence-electron chi connectivity index (χ4n) is 3.59. The number of fused-ring (bicyclic) bond motifs is 1. The van der Waals surface area contributed by atoms with Gasteiger partial charge in [0.25, 0.3) is 0 Å². The molecule has 1 aromatic heterocycles. The fourth-order valence-corrected chi connectivity index (χ4v) is 3.59. The second kappa shape index (κ2) is 7.51. The van der Waals surface area contributed by atoms with Gasteiger partial charge in [0.15, 0.2) is 0 Å². The lowest BCUT2D eigenvalue weighted by atomic mass is 10.1. The van der Waals surface area contributed by atoms with Crippen molar-refractivity contribution in [1.29, 1.82) is 0 Å². The van der Waals surface area contributed by atoms with E-state index < -0.39 is 0 Å². The molecule has 2 aliphatic heterocycles. The Bertz CT molecular complexity index is 736. The number of nitrogens with one attached hydrogen (secondary N) is 2. The van der Waals surface area contributed by atoms with Crippen molar-refractivity contribution in [2.24, 2.45) is 0 Å². The lowest BCUT2D eigenvalue weighted by Crippen LogP contribution is -2.44. The molecule has 26 heavy (non-hydrogen) atoms. The van der Waals surface area contributed by atoms with E-state index in [1.807, 2.05) is 6.20 Å². The highest BCUT2D eigenvalue weighted by Gasteiger charge is 2.19. The van der Waals surface area contributed by atoms with E-state index in [2.05, 4.69) is 74.6 Å². The van der Waals surface area contributed by atoms with E-state index in [4.69, 9.17) is 0 Å². The number of piperazine rings is 1. The first-order chi connectivity index (χ1) is 12.7. The Morgan fingerprint density at radius 1 is 1.08 bits per heavy atom. The van der Waals surface area contributed by atoms with Crippen LogP contribution in [0.5, 0.6) is 0 Å². The average Bonchev–Trinajstić information content (AvgIpc) is 2.69. The van der Waals surface area contributed by atoms with Crippen LogP contribution < -0.4 is 15.5 Å². The maximum absolute atomic E-state index is 4.48. The van der Waals surface area contributed by atoms with Gasteiger partial charge < -0.3 is 20.4 Å². The molecule has 0 unspecified atom stereocenters. The highest BCUT2D eigenvalue weighted by Crippen LogP contribution is 2.30. The minimum absolute atomic E-state index is 0.861. The molecule has 6 heteroatoms. The van der Waals surface area contributed by atoms with Gasteiger partial charge in [-0.15, -0.1) is 0 Å². The normalized spacial score (nSPS) is 18.3. The Morgan fingerprint density at radius 3 is 2.58 bits per heavy atom. The van der Waals surface area contributed by atoms with E-state index in [-0.39, 0.29) is 0 Å². The molecule has 0 spiro atoms. The van der Waals surface area contributed by atoms with E-state index in [1.165, 1.54) is 11.3 Å². The molecule has 0 aliphatic carbocycles. The van der Waals surface area contributed by atoms with Crippen molar-refractivity contribution >= 4 is 22.9 Å². The Morgan fingerprint density at radius 2 is 1.85 bits per heavy atom. The first-order valence-corrected chi connectivity index (χ1v) is 9.47. The summed E-state index contributed by atoms with van der Waals surface area (Å²) in [7, 11) is 2.19. The largest absolute Gasteiger partial charge is 0.369 e. The van der Waals surface area contributed by atoms with Gasteiger partial charge in [-0.25, -0.2) is 4.98 Å². The van der Waals surface area contributed by atoms with Gasteiger partial charge in [0.1, 0.15) is 5.82 Å². The van der Waals surface area contributed by atoms with Crippen molar-refractivity contribution in [3.8, 4) is 0 Å². The van der Waals surface area contributed by atoms with Gasteiger partial charge in [0, 0.05) is 61.5 Å². The number of anilines is 4. The van der Waals surface area contributed by atoms with Gasteiger partial charge in [-0.1, -0.05) is 6.92 Å². The summed E-state index contributed by atoms with van der Waals surface area (Å²) in [5.74, 6) is 0.994. The zero-order valence-corrected chi connectivity index (χ0v) is 15.7. The summed E-state index contributed by atoms with van der Waals surface area (Å²) in [5.41, 5.74) is 4.79. The van der Waals surface area contributed by atoms with Crippen molar-refractivity contribution in [3.05, 3.63) is 42.1 Å². The maximum atomic E-state index is 4.48. The number of pyridine rings is 1. The Balaban J connectivity index is 1.48. The molecule has 0 amide bonds. The molecule has 3 heterocycles. The highest BCUT2D eigenvalue weighted by molar-refractivity contribution is 5.70. The molecule has 1 fully saturated rings. The van der Waals surface area contributed by atoms with Crippen LogP contribution in [0, 0.1) is 0 Å². The number of nitrogens with zero attached hydrogens (tertiary/aromatic N) is 4. The molecule has 1 saturated heterocycles. The summed E-state index contributed by atoms with van der Waals surface area (Å²) < 4.78 is 0. The first kappa shape index (κ1) is 17.1. The molecule has 0 bridgehead atoms. The van der Waals surface area contributed by atoms with Crippen LogP contribution in [-0.2, 0) is 6.54 Å². The van der Waals surface area contributed by atoms with Crippen LogP contribution in [-0.4, -0.2) is 61.2 Å². The number of benzene rings is 1. The third-order valence-corrected chi connectivity index (χ3v) is 5.37. The van der Waals surface area contributed by atoms with Crippen LogP contribution in [0.3, 0.4) is 0 Å². The molecule has 2 aromatic rings. The third kappa shape index (κ3) is 3.61. The van der Waals surface area contributed by atoms with Crippen molar-refractivity contribution in [1.82, 2.24) is 14.8 Å². The third-order valence-electron chi connectivity index (χ3n) is 5.37. The van der Waals surface area contributed by atoms with Crippen LogP contribution >= 0.6 is 0 Å². The van der Waals surface area contributed by atoms with Crippen LogP contribution in [0.4, 0.5) is 22.9 Å². The van der Waals surface area contributed by atoms with Crippen LogP contribution in [0.2, 0.25) is 0 Å². The molecule has 1 aromatic carbocycles. The molecule has 0 radical (unpaired) electrons. The van der Waals surface area contributed by atoms with Gasteiger partial charge in [-0.05, 0) is 43.9 Å². The maximum Gasteiger partial charge on any atom is 0.133 e. The summed E-state index contributed by atoms with van der Waals surface area (Å²) in [4.78, 5) is 11.7. The monoisotopic (exact) mass is 352 g/mol.